The Bertz CT molecular complexity index is 737. The van der Waals surface area contributed by atoms with Crippen molar-refractivity contribution in [3.63, 3.8) is 0 Å². The van der Waals surface area contributed by atoms with Crippen molar-refractivity contribution in [1.82, 2.24) is 14.8 Å². The van der Waals surface area contributed by atoms with E-state index in [1.54, 1.807) is 17.1 Å². The Balaban J connectivity index is 1.64. The van der Waals surface area contributed by atoms with E-state index in [4.69, 9.17) is 5.26 Å². The first-order valence-electron chi connectivity index (χ1n) is 6.54. The van der Waals surface area contributed by atoms with Gasteiger partial charge in [0.15, 0.2) is 5.82 Å². The van der Waals surface area contributed by atoms with Crippen molar-refractivity contribution in [3.05, 3.63) is 72.2 Å². The average molecular weight is 275 g/mol. The van der Waals surface area contributed by atoms with Gasteiger partial charge in [-0.3, -0.25) is 0 Å². The molecule has 102 valence electrons. The van der Waals surface area contributed by atoms with Crippen LogP contribution in [0.3, 0.4) is 0 Å². The lowest BCUT2D eigenvalue weighted by molar-refractivity contribution is 0.847. The van der Waals surface area contributed by atoms with Crippen molar-refractivity contribution in [3.8, 4) is 11.9 Å². The highest BCUT2D eigenvalue weighted by Gasteiger charge is 1.99. The van der Waals surface area contributed by atoms with Gasteiger partial charge in [-0.05, 0) is 35.9 Å². The largest absolute Gasteiger partial charge is 0.380 e. The molecule has 1 N–H and O–H groups in total. The van der Waals surface area contributed by atoms with Crippen LogP contribution in [-0.2, 0) is 6.54 Å². The molecule has 0 unspecified atom stereocenters. The number of pyridine rings is 1. The van der Waals surface area contributed by atoms with E-state index in [1.807, 2.05) is 48.7 Å². The summed E-state index contributed by atoms with van der Waals surface area (Å²) in [6, 6.07) is 15.4. The fraction of sp³-hybridized carbons (Fsp3) is 0.0625. The first-order chi connectivity index (χ1) is 10.3. The molecule has 0 radical (unpaired) electrons. The summed E-state index contributed by atoms with van der Waals surface area (Å²) in [7, 11) is 0. The maximum Gasteiger partial charge on any atom is 0.153 e. The molecule has 0 saturated heterocycles. The number of hydrogen-bond donors (Lipinski definition) is 1. The number of nitrogens with one attached hydrogen (secondary N) is 1. The molecule has 0 saturated carbocycles. The molecule has 3 aromatic rings. The minimum absolute atomic E-state index is 0.670. The van der Waals surface area contributed by atoms with Crippen molar-refractivity contribution in [2.24, 2.45) is 0 Å². The number of nitrogens with zero attached hydrogens (tertiary/aromatic N) is 4. The number of benzene rings is 1. The van der Waals surface area contributed by atoms with E-state index in [2.05, 4.69) is 21.5 Å². The Hall–Kier alpha value is -3.13. The van der Waals surface area contributed by atoms with Crippen LogP contribution in [0.2, 0.25) is 0 Å². The first-order valence-corrected chi connectivity index (χ1v) is 6.54. The van der Waals surface area contributed by atoms with E-state index in [9.17, 15) is 0 Å². The van der Waals surface area contributed by atoms with Crippen LogP contribution in [0.4, 0.5) is 5.69 Å². The molecule has 0 bridgehead atoms. The Labute approximate surface area is 122 Å². The van der Waals surface area contributed by atoms with Crippen LogP contribution in [0.25, 0.3) is 5.82 Å². The van der Waals surface area contributed by atoms with Gasteiger partial charge in [0.2, 0.25) is 0 Å². The molecule has 0 fully saturated rings. The maximum atomic E-state index is 8.76. The minimum Gasteiger partial charge on any atom is -0.380 e. The summed E-state index contributed by atoms with van der Waals surface area (Å²) < 4.78 is 1.71. The standard InChI is InChI=1S/C16H13N5/c17-10-13-2-4-14(5-3-13)11-18-15-6-7-16(19-12-15)21-9-1-8-20-21/h1-9,12,18H,11H2. The third-order valence-electron chi connectivity index (χ3n) is 3.07. The summed E-state index contributed by atoms with van der Waals surface area (Å²) in [6.45, 7) is 0.689. The molecular weight excluding hydrogens is 262 g/mol. The normalized spacial score (nSPS) is 10.0. The Morgan fingerprint density at radius 3 is 2.62 bits per heavy atom. The predicted octanol–water partition coefficient (Wildman–Crippen LogP) is 2.75. The molecular formula is C16H13N5. The highest BCUT2D eigenvalue weighted by atomic mass is 15.3. The lowest BCUT2D eigenvalue weighted by Crippen LogP contribution is -2.02. The SMILES string of the molecule is N#Cc1ccc(CNc2ccc(-n3cccn3)nc2)cc1. The van der Waals surface area contributed by atoms with Crippen LogP contribution in [0.15, 0.2) is 61.1 Å². The van der Waals surface area contributed by atoms with Gasteiger partial charge in [0.25, 0.3) is 0 Å². The third-order valence-corrected chi connectivity index (χ3v) is 3.07. The lowest BCUT2D eigenvalue weighted by Gasteiger charge is -2.07. The van der Waals surface area contributed by atoms with Crippen molar-refractivity contribution < 1.29 is 0 Å². The van der Waals surface area contributed by atoms with E-state index >= 15 is 0 Å². The van der Waals surface area contributed by atoms with Gasteiger partial charge in [0.05, 0.1) is 23.5 Å². The lowest BCUT2D eigenvalue weighted by atomic mass is 10.1. The third kappa shape index (κ3) is 3.07. The smallest absolute Gasteiger partial charge is 0.153 e. The summed E-state index contributed by atoms with van der Waals surface area (Å²) in [4.78, 5) is 4.36. The zero-order valence-electron chi connectivity index (χ0n) is 11.3. The Morgan fingerprint density at radius 2 is 2.00 bits per heavy atom. The Kier molecular flexibility index (Phi) is 3.61. The topological polar surface area (TPSA) is 66.5 Å². The van der Waals surface area contributed by atoms with Gasteiger partial charge in [0.1, 0.15) is 0 Å². The van der Waals surface area contributed by atoms with Crippen LogP contribution < -0.4 is 5.32 Å². The summed E-state index contributed by atoms with van der Waals surface area (Å²) >= 11 is 0. The molecule has 5 nitrogen and oxygen atoms in total. The second-order valence-electron chi connectivity index (χ2n) is 4.52. The van der Waals surface area contributed by atoms with Gasteiger partial charge < -0.3 is 5.32 Å². The van der Waals surface area contributed by atoms with Crippen molar-refractivity contribution in [2.45, 2.75) is 6.54 Å². The van der Waals surface area contributed by atoms with Crippen molar-refractivity contribution in [1.29, 1.82) is 5.26 Å². The van der Waals surface area contributed by atoms with Gasteiger partial charge in [-0.25, -0.2) is 9.67 Å². The molecule has 0 amide bonds. The predicted molar refractivity (Wildman–Crippen MR) is 79.8 cm³/mol. The second-order valence-corrected chi connectivity index (χ2v) is 4.52. The van der Waals surface area contributed by atoms with Crippen LogP contribution in [-0.4, -0.2) is 14.8 Å². The molecule has 5 heteroatoms. The van der Waals surface area contributed by atoms with Crippen molar-refractivity contribution >= 4 is 5.69 Å². The van der Waals surface area contributed by atoms with Gasteiger partial charge in [-0.2, -0.15) is 10.4 Å². The number of nitriles is 1. The Morgan fingerprint density at radius 1 is 1.14 bits per heavy atom. The highest BCUT2D eigenvalue weighted by Crippen LogP contribution is 2.11. The van der Waals surface area contributed by atoms with E-state index in [0.29, 0.717) is 12.1 Å². The van der Waals surface area contributed by atoms with Gasteiger partial charge in [-0.15, -0.1) is 0 Å². The summed E-state index contributed by atoms with van der Waals surface area (Å²) in [5.41, 5.74) is 2.73. The monoisotopic (exact) mass is 275 g/mol. The molecule has 0 aliphatic rings. The average Bonchev–Trinajstić information content (AvgIpc) is 3.08. The van der Waals surface area contributed by atoms with Crippen LogP contribution in [0.1, 0.15) is 11.1 Å². The zero-order chi connectivity index (χ0) is 14.5. The quantitative estimate of drug-likeness (QED) is 0.795. The highest BCUT2D eigenvalue weighted by molar-refractivity contribution is 5.44. The van der Waals surface area contributed by atoms with E-state index < -0.39 is 0 Å². The maximum absolute atomic E-state index is 8.76. The molecule has 0 spiro atoms. The summed E-state index contributed by atoms with van der Waals surface area (Å²) in [5, 5.41) is 16.2. The van der Waals surface area contributed by atoms with Crippen LogP contribution >= 0.6 is 0 Å². The van der Waals surface area contributed by atoms with E-state index in [0.717, 1.165) is 17.1 Å². The minimum atomic E-state index is 0.670. The summed E-state index contributed by atoms with van der Waals surface area (Å²) in [6.07, 6.45) is 5.35. The molecule has 21 heavy (non-hydrogen) atoms. The molecule has 0 atom stereocenters. The molecule has 0 aliphatic heterocycles. The molecule has 0 aliphatic carbocycles. The van der Waals surface area contributed by atoms with Gasteiger partial charge in [-0.1, -0.05) is 12.1 Å². The molecule has 2 heterocycles. The zero-order valence-corrected chi connectivity index (χ0v) is 11.3. The number of rotatable bonds is 4. The fourth-order valence-electron chi connectivity index (χ4n) is 1.93. The number of hydrogen-bond acceptors (Lipinski definition) is 4. The summed E-state index contributed by atoms with van der Waals surface area (Å²) in [5.74, 6) is 0.781. The van der Waals surface area contributed by atoms with E-state index in [-0.39, 0.29) is 0 Å². The first kappa shape index (κ1) is 12.9. The van der Waals surface area contributed by atoms with Crippen LogP contribution in [0, 0.1) is 11.3 Å². The molecule has 2 aromatic heterocycles. The molecule has 3 rings (SSSR count). The van der Waals surface area contributed by atoms with E-state index in [1.165, 1.54) is 0 Å². The number of aromatic nitrogens is 3. The van der Waals surface area contributed by atoms with Crippen LogP contribution in [0.5, 0.6) is 0 Å². The number of anilines is 1. The van der Waals surface area contributed by atoms with Gasteiger partial charge in [0, 0.05) is 18.9 Å². The fourth-order valence-corrected chi connectivity index (χ4v) is 1.93. The second kappa shape index (κ2) is 5.88. The molecule has 1 aromatic carbocycles. The van der Waals surface area contributed by atoms with Gasteiger partial charge >= 0.3 is 0 Å². The van der Waals surface area contributed by atoms with Crippen molar-refractivity contribution in [2.75, 3.05) is 5.32 Å².